The van der Waals surface area contributed by atoms with Gasteiger partial charge in [0.1, 0.15) is 0 Å². The Balaban J connectivity index is 1.37. The van der Waals surface area contributed by atoms with Gasteiger partial charge in [-0.15, -0.1) is 0 Å². The Morgan fingerprint density at radius 3 is 1.44 bits per heavy atom. The maximum Gasteiger partial charge on any atom is 0.239 e. The molecule has 0 unspecified atom stereocenters. The second kappa shape index (κ2) is 10.4. The fourth-order valence-corrected chi connectivity index (χ4v) is 9.34. The number of halogens is 1. The predicted octanol–water partition coefficient (Wildman–Crippen LogP) is 7.10. The summed E-state index contributed by atoms with van der Waals surface area (Å²) in [4.78, 5) is 47.8. The van der Waals surface area contributed by atoms with Crippen molar-refractivity contribution in [2.75, 3.05) is 18.5 Å². The Morgan fingerprint density at radius 2 is 0.980 bits per heavy atom. The molecule has 1 saturated carbocycles. The van der Waals surface area contributed by atoms with Crippen LogP contribution in [0.3, 0.4) is 0 Å². The average Bonchev–Trinajstić information content (AvgIpc) is 3.96. The van der Waals surface area contributed by atoms with Crippen molar-refractivity contribution in [3.63, 3.8) is 0 Å². The van der Waals surface area contributed by atoms with Crippen LogP contribution in [0.25, 0.3) is 11.1 Å². The van der Waals surface area contributed by atoms with Gasteiger partial charge in [0.15, 0.2) is 28.8 Å². The predicted molar refractivity (Wildman–Crippen MR) is 187 cm³/mol. The summed E-state index contributed by atoms with van der Waals surface area (Å²) in [6.07, 6.45) is 0. The normalized spacial score (nSPS) is 25.5. The van der Waals surface area contributed by atoms with Crippen LogP contribution in [0.5, 0.6) is 23.0 Å². The maximum absolute atomic E-state index is 16.2. The van der Waals surface area contributed by atoms with Crippen molar-refractivity contribution in [1.29, 1.82) is 0 Å². The molecule has 3 heterocycles. The zero-order valence-corrected chi connectivity index (χ0v) is 27.9. The summed E-state index contributed by atoms with van der Waals surface area (Å²) >= 11 is 3.48. The third-order valence-electron chi connectivity index (χ3n) is 10.9. The number of amides is 2. The molecule has 2 fully saturated rings. The van der Waals surface area contributed by atoms with Crippen LogP contribution in [0.1, 0.15) is 22.3 Å². The molecule has 9 heteroatoms. The largest absolute Gasteiger partial charge is 0.454 e. The number of Topliss-reactive ketones (excluding diaryl/α,β-unsaturated/α-hetero) is 1. The zero-order valence-electron chi connectivity index (χ0n) is 26.3. The molecule has 244 valence electrons. The molecule has 2 aliphatic carbocycles. The number of rotatable bonds is 5. The molecule has 3 aliphatic heterocycles. The van der Waals surface area contributed by atoms with Crippen LogP contribution < -0.4 is 23.8 Å². The Bertz CT molecular complexity index is 2180. The third-order valence-corrected chi connectivity index (χ3v) is 11.4. The van der Waals surface area contributed by atoms with Gasteiger partial charge >= 0.3 is 0 Å². The number of imide groups is 1. The molecule has 2 amide bonds. The lowest BCUT2D eigenvalue weighted by atomic mass is 9.59. The second-order valence-corrected chi connectivity index (χ2v) is 13.9. The highest BCUT2D eigenvalue weighted by molar-refractivity contribution is 9.10. The van der Waals surface area contributed by atoms with E-state index in [1.807, 2.05) is 97.1 Å². The first-order valence-corrected chi connectivity index (χ1v) is 17.1. The molecule has 4 atom stereocenters. The molecule has 50 heavy (non-hydrogen) atoms. The van der Waals surface area contributed by atoms with E-state index >= 15 is 14.4 Å². The van der Waals surface area contributed by atoms with Crippen LogP contribution in [-0.2, 0) is 25.2 Å². The number of ether oxygens (including phenoxy) is 4. The molecule has 0 spiro atoms. The number of hydrogen-bond acceptors (Lipinski definition) is 7. The van der Waals surface area contributed by atoms with Gasteiger partial charge in [-0.1, -0.05) is 88.7 Å². The fraction of sp³-hybridized carbons (Fsp3) is 0.146. The molecule has 2 bridgehead atoms. The number of benzene rings is 5. The number of ketones is 1. The minimum absolute atomic E-state index is 0.0728. The Labute approximate surface area is 295 Å². The van der Waals surface area contributed by atoms with Gasteiger partial charge in [-0.3, -0.25) is 14.4 Å². The van der Waals surface area contributed by atoms with Gasteiger partial charge in [-0.2, -0.15) is 0 Å². The van der Waals surface area contributed by atoms with Gasteiger partial charge in [0, 0.05) is 4.47 Å². The van der Waals surface area contributed by atoms with Crippen LogP contribution in [-0.4, -0.2) is 31.2 Å². The highest BCUT2D eigenvalue weighted by Gasteiger charge is 2.82. The van der Waals surface area contributed by atoms with E-state index in [4.69, 9.17) is 18.9 Å². The number of hydrogen-bond donors (Lipinski definition) is 0. The van der Waals surface area contributed by atoms with E-state index in [1.54, 1.807) is 24.3 Å². The molecule has 5 aliphatic rings. The molecular weight excluding hydrogens is 698 g/mol. The summed E-state index contributed by atoms with van der Waals surface area (Å²) in [7, 11) is 0. The van der Waals surface area contributed by atoms with E-state index < -0.39 is 34.5 Å². The first-order chi connectivity index (χ1) is 24.5. The van der Waals surface area contributed by atoms with Crippen LogP contribution in [0.2, 0.25) is 0 Å². The van der Waals surface area contributed by atoms with Crippen molar-refractivity contribution in [2.45, 2.75) is 10.8 Å². The van der Waals surface area contributed by atoms with Crippen molar-refractivity contribution < 1.29 is 33.3 Å². The highest BCUT2D eigenvalue weighted by atomic mass is 79.9. The number of fused-ring (bicyclic) bond motifs is 7. The summed E-state index contributed by atoms with van der Waals surface area (Å²) in [5.41, 5.74) is 1.29. The minimum atomic E-state index is -1.56. The van der Waals surface area contributed by atoms with Gasteiger partial charge in [0.2, 0.25) is 25.4 Å². The Morgan fingerprint density at radius 1 is 0.540 bits per heavy atom. The van der Waals surface area contributed by atoms with E-state index in [-0.39, 0.29) is 19.4 Å². The van der Waals surface area contributed by atoms with Gasteiger partial charge in [-0.05, 0) is 81.9 Å². The first kappa shape index (κ1) is 29.3. The van der Waals surface area contributed by atoms with Crippen molar-refractivity contribution >= 4 is 50.4 Å². The van der Waals surface area contributed by atoms with Crippen molar-refractivity contribution in [3.8, 4) is 23.0 Å². The number of anilines is 1. The molecule has 10 rings (SSSR count). The molecular formula is C41H26BrNO7. The minimum Gasteiger partial charge on any atom is -0.454 e. The van der Waals surface area contributed by atoms with Gasteiger partial charge < -0.3 is 18.9 Å². The van der Waals surface area contributed by atoms with Crippen LogP contribution in [0.15, 0.2) is 126 Å². The van der Waals surface area contributed by atoms with Crippen molar-refractivity contribution in [2.24, 2.45) is 11.8 Å². The zero-order chi connectivity index (χ0) is 33.8. The average molecular weight is 725 g/mol. The number of carbonyl (C=O) groups is 3. The second-order valence-electron chi connectivity index (χ2n) is 13.0. The Hall–Kier alpha value is -5.67. The summed E-state index contributed by atoms with van der Waals surface area (Å²) in [5, 5.41) is 0. The van der Waals surface area contributed by atoms with Crippen LogP contribution >= 0.6 is 15.9 Å². The van der Waals surface area contributed by atoms with Crippen molar-refractivity contribution in [3.05, 3.63) is 148 Å². The van der Waals surface area contributed by atoms with E-state index in [0.29, 0.717) is 62.1 Å². The number of allylic oxidation sites excluding steroid dienone is 2. The van der Waals surface area contributed by atoms with E-state index in [1.165, 1.54) is 4.90 Å². The lowest BCUT2D eigenvalue weighted by molar-refractivity contribution is -0.130. The Kier molecular flexibility index (Phi) is 6.10. The van der Waals surface area contributed by atoms with E-state index in [2.05, 4.69) is 15.9 Å². The quantitative estimate of drug-likeness (QED) is 0.179. The van der Waals surface area contributed by atoms with E-state index in [9.17, 15) is 0 Å². The molecule has 0 aromatic heterocycles. The lowest BCUT2D eigenvalue weighted by Crippen LogP contribution is -2.45. The topological polar surface area (TPSA) is 91.4 Å². The smallest absolute Gasteiger partial charge is 0.239 e. The van der Waals surface area contributed by atoms with Crippen molar-refractivity contribution in [1.82, 2.24) is 0 Å². The summed E-state index contributed by atoms with van der Waals surface area (Å²) in [6.45, 7) is 0.146. The first-order valence-electron chi connectivity index (χ1n) is 16.3. The third kappa shape index (κ3) is 3.57. The van der Waals surface area contributed by atoms with Gasteiger partial charge in [0.25, 0.3) is 0 Å². The summed E-state index contributed by atoms with van der Waals surface area (Å²) in [6, 6.07) is 37.2. The molecule has 0 radical (unpaired) electrons. The fourth-order valence-electron chi connectivity index (χ4n) is 9.07. The highest BCUT2D eigenvalue weighted by Crippen LogP contribution is 2.74. The molecule has 5 aromatic rings. The lowest BCUT2D eigenvalue weighted by Gasteiger charge is -2.39. The summed E-state index contributed by atoms with van der Waals surface area (Å²) in [5.74, 6) is -0.893. The SMILES string of the molecule is O=C1[C@@H]2[C@@H](C(=O)N1c1ccc(Br)cc1)[C@@]1(c3ccccc3)C(=O)[C@@]2(c2ccccc2)C(c2ccc3c(c2)OCO3)=C1c1ccc2c(c1)OCO2. The molecule has 1 saturated heterocycles. The van der Waals surface area contributed by atoms with E-state index in [0.717, 1.165) is 4.47 Å². The van der Waals surface area contributed by atoms with Gasteiger partial charge in [-0.25, -0.2) is 4.90 Å². The molecule has 5 aromatic carbocycles. The number of carbonyl (C=O) groups excluding carboxylic acids is 3. The number of nitrogens with zero attached hydrogens (tertiary/aromatic N) is 1. The standard InChI is InChI=1S/C41H26BrNO7/c42-27-13-15-28(16-14-27)43-37(44)35-36(38(43)45)41(26-9-5-2-6-10-26)34(24-12-18-30-32(20-24)50-22-48-30)33(23-11-17-29-31(19-23)49-21-47-29)40(35,39(41)46)25-7-3-1-4-8-25/h1-20,35-36H,21-22H2/t35-,36-,40-,41-/m0/s1. The van der Waals surface area contributed by atoms with Crippen LogP contribution in [0, 0.1) is 11.8 Å². The molecule has 0 N–H and O–H groups in total. The molecule has 8 nitrogen and oxygen atoms in total. The van der Waals surface area contributed by atoms with Crippen LogP contribution in [0.4, 0.5) is 5.69 Å². The van der Waals surface area contributed by atoms with Gasteiger partial charge in [0.05, 0.1) is 28.4 Å². The summed E-state index contributed by atoms with van der Waals surface area (Å²) < 4.78 is 23.9. The monoisotopic (exact) mass is 723 g/mol. The maximum atomic E-state index is 16.2.